The molecular formula is C15H30N2O2. The van der Waals surface area contributed by atoms with E-state index in [-0.39, 0.29) is 12.6 Å². The fourth-order valence-electron chi connectivity index (χ4n) is 2.41. The van der Waals surface area contributed by atoms with Gasteiger partial charge in [-0.25, -0.2) is 4.79 Å². The number of nitrogens with zero attached hydrogens (tertiary/aromatic N) is 1. The van der Waals surface area contributed by atoms with Gasteiger partial charge in [0.2, 0.25) is 0 Å². The van der Waals surface area contributed by atoms with Crippen LogP contribution < -0.4 is 5.32 Å². The second kappa shape index (κ2) is 7.73. The summed E-state index contributed by atoms with van der Waals surface area (Å²) in [5.74, 6) is 0.385. The Morgan fingerprint density at radius 2 is 1.89 bits per heavy atom. The summed E-state index contributed by atoms with van der Waals surface area (Å²) in [5.41, 5.74) is 0.385. The molecule has 0 bridgehead atoms. The second-order valence-corrected chi connectivity index (χ2v) is 6.86. The molecule has 1 aliphatic rings. The zero-order valence-corrected chi connectivity index (χ0v) is 12.7. The van der Waals surface area contributed by atoms with Crippen LogP contribution in [0.4, 0.5) is 4.79 Å². The van der Waals surface area contributed by atoms with E-state index in [1.165, 1.54) is 6.42 Å². The third-order valence-corrected chi connectivity index (χ3v) is 3.79. The third-order valence-electron chi connectivity index (χ3n) is 3.79. The van der Waals surface area contributed by atoms with Crippen molar-refractivity contribution in [3.8, 4) is 0 Å². The topological polar surface area (TPSA) is 52.6 Å². The number of aliphatic hydroxyl groups is 1. The molecule has 0 spiro atoms. The Kier molecular flexibility index (Phi) is 6.63. The lowest BCUT2D eigenvalue weighted by atomic mass is 9.90. The Labute approximate surface area is 117 Å². The number of amides is 2. The summed E-state index contributed by atoms with van der Waals surface area (Å²) in [4.78, 5) is 13.8. The Morgan fingerprint density at radius 3 is 2.42 bits per heavy atom. The monoisotopic (exact) mass is 270 g/mol. The first kappa shape index (κ1) is 16.3. The van der Waals surface area contributed by atoms with Crippen LogP contribution in [-0.2, 0) is 0 Å². The molecule has 1 fully saturated rings. The van der Waals surface area contributed by atoms with Crippen molar-refractivity contribution in [1.29, 1.82) is 0 Å². The average Bonchev–Trinajstić information content (AvgIpc) is 2.37. The highest BCUT2D eigenvalue weighted by molar-refractivity contribution is 5.74. The molecular weight excluding hydrogens is 240 g/mol. The number of unbranched alkanes of at least 4 members (excludes halogenated alkanes) is 1. The lowest BCUT2D eigenvalue weighted by Crippen LogP contribution is -2.45. The molecule has 0 unspecified atom stereocenters. The number of likely N-dealkylation sites (tertiary alicyclic amines) is 1. The molecule has 1 aliphatic heterocycles. The van der Waals surface area contributed by atoms with Crippen LogP contribution in [-0.4, -0.2) is 42.3 Å². The number of rotatable bonds is 5. The largest absolute Gasteiger partial charge is 0.396 e. The van der Waals surface area contributed by atoms with E-state index in [4.69, 9.17) is 5.11 Å². The highest BCUT2D eigenvalue weighted by atomic mass is 16.3. The Balaban J connectivity index is 2.08. The van der Waals surface area contributed by atoms with E-state index in [0.717, 1.165) is 45.3 Å². The van der Waals surface area contributed by atoms with Crippen molar-refractivity contribution >= 4 is 6.03 Å². The summed E-state index contributed by atoms with van der Waals surface area (Å²) in [6.45, 7) is 9.32. The van der Waals surface area contributed by atoms with Crippen molar-refractivity contribution in [1.82, 2.24) is 10.2 Å². The minimum Gasteiger partial charge on any atom is -0.396 e. The number of nitrogens with one attached hydrogen (secondary N) is 1. The van der Waals surface area contributed by atoms with Crippen molar-refractivity contribution in [3.05, 3.63) is 0 Å². The Hall–Kier alpha value is -0.770. The maximum absolute atomic E-state index is 11.9. The van der Waals surface area contributed by atoms with Crippen LogP contribution in [0.2, 0.25) is 0 Å². The van der Waals surface area contributed by atoms with Gasteiger partial charge < -0.3 is 15.3 Å². The van der Waals surface area contributed by atoms with Gasteiger partial charge in [-0.1, -0.05) is 27.2 Å². The molecule has 0 aliphatic carbocycles. The first-order valence-corrected chi connectivity index (χ1v) is 7.56. The van der Waals surface area contributed by atoms with Crippen molar-refractivity contribution in [2.45, 2.75) is 52.9 Å². The molecule has 2 amide bonds. The van der Waals surface area contributed by atoms with Gasteiger partial charge in [0.15, 0.2) is 0 Å². The van der Waals surface area contributed by atoms with E-state index in [2.05, 4.69) is 26.1 Å². The zero-order chi connectivity index (χ0) is 14.3. The number of carbonyl (C=O) groups is 1. The van der Waals surface area contributed by atoms with Crippen LogP contribution in [0.5, 0.6) is 0 Å². The molecule has 0 aromatic rings. The Bertz CT molecular complexity index is 266. The third kappa shape index (κ3) is 6.81. The lowest BCUT2D eigenvalue weighted by molar-refractivity contribution is 0.137. The molecule has 1 saturated heterocycles. The highest BCUT2D eigenvalue weighted by Crippen LogP contribution is 2.21. The van der Waals surface area contributed by atoms with E-state index >= 15 is 0 Å². The number of carbonyl (C=O) groups excluding carboxylic acids is 1. The van der Waals surface area contributed by atoms with Crippen molar-refractivity contribution in [2.24, 2.45) is 11.3 Å². The summed E-state index contributed by atoms with van der Waals surface area (Å²) in [6, 6.07) is 0.0622. The summed E-state index contributed by atoms with van der Waals surface area (Å²) in [6.07, 6.45) is 5.26. The average molecular weight is 270 g/mol. The van der Waals surface area contributed by atoms with Crippen LogP contribution in [0.3, 0.4) is 0 Å². The summed E-state index contributed by atoms with van der Waals surface area (Å²) >= 11 is 0. The number of piperidine rings is 1. The molecule has 1 heterocycles. The second-order valence-electron chi connectivity index (χ2n) is 6.86. The van der Waals surface area contributed by atoms with Gasteiger partial charge in [0.25, 0.3) is 0 Å². The van der Waals surface area contributed by atoms with Crippen LogP contribution >= 0.6 is 0 Å². The van der Waals surface area contributed by atoms with Gasteiger partial charge in [0.1, 0.15) is 0 Å². The minimum absolute atomic E-state index is 0.0622. The maximum Gasteiger partial charge on any atom is 0.317 e. The summed E-state index contributed by atoms with van der Waals surface area (Å²) in [7, 11) is 0. The van der Waals surface area contributed by atoms with E-state index in [1.807, 2.05) is 4.90 Å². The van der Waals surface area contributed by atoms with E-state index < -0.39 is 0 Å². The van der Waals surface area contributed by atoms with Crippen molar-refractivity contribution in [3.63, 3.8) is 0 Å². The van der Waals surface area contributed by atoms with Gasteiger partial charge in [-0.05, 0) is 37.0 Å². The summed E-state index contributed by atoms with van der Waals surface area (Å²) in [5, 5.41) is 12.1. The highest BCUT2D eigenvalue weighted by Gasteiger charge is 2.21. The molecule has 0 aromatic heterocycles. The van der Waals surface area contributed by atoms with Crippen molar-refractivity contribution in [2.75, 3.05) is 26.2 Å². The summed E-state index contributed by atoms with van der Waals surface area (Å²) < 4.78 is 0. The van der Waals surface area contributed by atoms with Gasteiger partial charge in [-0.3, -0.25) is 0 Å². The number of hydrogen-bond donors (Lipinski definition) is 2. The zero-order valence-electron chi connectivity index (χ0n) is 12.7. The number of hydrogen-bond acceptors (Lipinski definition) is 2. The molecule has 19 heavy (non-hydrogen) atoms. The molecule has 112 valence electrons. The fraction of sp³-hybridized carbons (Fsp3) is 0.933. The first-order chi connectivity index (χ1) is 8.92. The minimum atomic E-state index is 0.0622. The molecule has 0 saturated carbocycles. The molecule has 1 rings (SSSR count). The predicted octanol–water partition coefficient (Wildman–Crippen LogP) is 2.62. The predicted molar refractivity (Wildman–Crippen MR) is 78.1 cm³/mol. The van der Waals surface area contributed by atoms with E-state index in [1.54, 1.807) is 0 Å². The lowest BCUT2D eigenvalue weighted by Gasteiger charge is -2.31. The molecule has 2 N–H and O–H groups in total. The Morgan fingerprint density at radius 1 is 1.26 bits per heavy atom. The van der Waals surface area contributed by atoms with E-state index in [0.29, 0.717) is 11.3 Å². The standard InChI is InChI=1S/C15H30N2O2/c1-15(2,3)8-4-5-9-16-14(19)17-10-6-13(12-18)7-11-17/h13,18H,4-12H2,1-3H3,(H,16,19). The molecule has 4 heteroatoms. The molecule has 0 atom stereocenters. The molecule has 0 aromatic carbocycles. The quantitative estimate of drug-likeness (QED) is 0.755. The molecule has 0 radical (unpaired) electrons. The number of aliphatic hydroxyl groups excluding tert-OH is 1. The molecule has 4 nitrogen and oxygen atoms in total. The van der Waals surface area contributed by atoms with Gasteiger partial charge >= 0.3 is 6.03 Å². The van der Waals surface area contributed by atoms with Crippen LogP contribution in [0.1, 0.15) is 52.9 Å². The smallest absolute Gasteiger partial charge is 0.317 e. The van der Waals surface area contributed by atoms with Gasteiger partial charge in [0, 0.05) is 26.2 Å². The van der Waals surface area contributed by atoms with Gasteiger partial charge in [-0.2, -0.15) is 0 Å². The van der Waals surface area contributed by atoms with Crippen LogP contribution in [0.25, 0.3) is 0 Å². The van der Waals surface area contributed by atoms with Crippen molar-refractivity contribution < 1.29 is 9.90 Å². The van der Waals surface area contributed by atoms with Gasteiger partial charge in [0.05, 0.1) is 0 Å². The fourth-order valence-corrected chi connectivity index (χ4v) is 2.41. The van der Waals surface area contributed by atoms with E-state index in [9.17, 15) is 4.79 Å². The van der Waals surface area contributed by atoms with Crippen LogP contribution in [0, 0.1) is 11.3 Å². The normalized spacial score (nSPS) is 17.6. The SMILES string of the molecule is CC(C)(C)CCCCNC(=O)N1CCC(CO)CC1. The first-order valence-electron chi connectivity index (χ1n) is 7.56. The number of urea groups is 1. The van der Waals surface area contributed by atoms with Crippen LogP contribution in [0.15, 0.2) is 0 Å². The maximum atomic E-state index is 11.9. The van der Waals surface area contributed by atoms with Gasteiger partial charge in [-0.15, -0.1) is 0 Å².